The third-order valence-corrected chi connectivity index (χ3v) is 2.44. The van der Waals surface area contributed by atoms with Gasteiger partial charge in [0.25, 0.3) is 0 Å². The molecule has 1 aromatic rings. The van der Waals surface area contributed by atoms with Crippen molar-refractivity contribution in [3.8, 4) is 0 Å². The third-order valence-electron chi connectivity index (χ3n) is 1.05. The minimum atomic E-state index is 0.714. The van der Waals surface area contributed by atoms with Gasteiger partial charge in [-0.2, -0.15) is 11.8 Å². The number of thioether (sulfide) groups is 1. The predicted molar refractivity (Wildman–Crippen MR) is 45.6 cm³/mol. The molecule has 0 saturated heterocycles. The molecule has 1 rings (SSSR count). The highest BCUT2D eigenvalue weighted by Gasteiger charge is 1.93. The van der Waals surface area contributed by atoms with E-state index in [9.17, 15) is 0 Å². The molecule has 0 aliphatic carbocycles. The fourth-order valence-corrected chi connectivity index (χ4v) is 1.57. The summed E-state index contributed by atoms with van der Waals surface area (Å²) in [6, 6.07) is 3.87. The number of alkyl halides is 1. The zero-order valence-corrected chi connectivity index (χ0v) is 7.12. The first kappa shape index (κ1) is 8.02. The zero-order chi connectivity index (χ0) is 7.23. The fourth-order valence-electron chi connectivity index (χ4n) is 0.622. The molecule has 0 fully saturated rings. The Morgan fingerprint density at radius 1 is 1.60 bits per heavy atom. The predicted octanol–water partition coefficient (Wildman–Crippen LogP) is 2.75. The Labute approximate surface area is 69.7 Å². The standard InChI is InChI=1S/C7H9ClOS/c8-3-5-10-6-7-2-1-4-9-7/h1-2,4H,3,5-6H2. The molecule has 1 nitrogen and oxygen atoms in total. The maximum absolute atomic E-state index is 5.49. The van der Waals surface area contributed by atoms with Crippen LogP contribution in [0.5, 0.6) is 0 Å². The van der Waals surface area contributed by atoms with E-state index in [1.165, 1.54) is 0 Å². The Bertz CT molecular complexity index is 162. The summed E-state index contributed by atoms with van der Waals surface area (Å²) in [6.07, 6.45) is 1.69. The molecule has 1 heterocycles. The van der Waals surface area contributed by atoms with Crippen LogP contribution in [0, 0.1) is 0 Å². The molecular formula is C7H9ClOS. The summed E-state index contributed by atoms with van der Waals surface area (Å²) in [5.41, 5.74) is 0. The van der Waals surface area contributed by atoms with E-state index < -0.39 is 0 Å². The first-order chi connectivity index (χ1) is 4.93. The highest BCUT2D eigenvalue weighted by atomic mass is 35.5. The Morgan fingerprint density at radius 3 is 3.10 bits per heavy atom. The topological polar surface area (TPSA) is 13.1 Å². The summed E-state index contributed by atoms with van der Waals surface area (Å²) in [5.74, 6) is 3.66. The maximum atomic E-state index is 5.49. The van der Waals surface area contributed by atoms with Gasteiger partial charge in [-0.05, 0) is 12.1 Å². The summed E-state index contributed by atoms with van der Waals surface area (Å²) < 4.78 is 5.12. The summed E-state index contributed by atoms with van der Waals surface area (Å²) in [5, 5.41) is 0. The van der Waals surface area contributed by atoms with Crippen LogP contribution in [0.3, 0.4) is 0 Å². The average Bonchev–Trinajstić information content (AvgIpc) is 2.41. The molecule has 0 spiro atoms. The van der Waals surface area contributed by atoms with E-state index in [0.29, 0.717) is 5.88 Å². The largest absolute Gasteiger partial charge is 0.468 e. The molecule has 0 aliphatic heterocycles. The number of rotatable bonds is 4. The van der Waals surface area contributed by atoms with E-state index in [1.54, 1.807) is 18.0 Å². The fraction of sp³-hybridized carbons (Fsp3) is 0.429. The van der Waals surface area contributed by atoms with Gasteiger partial charge in [-0.25, -0.2) is 0 Å². The second kappa shape index (κ2) is 4.69. The molecular weight excluding hydrogens is 168 g/mol. The van der Waals surface area contributed by atoms with Crippen molar-refractivity contribution in [2.75, 3.05) is 11.6 Å². The van der Waals surface area contributed by atoms with Gasteiger partial charge in [-0.1, -0.05) is 0 Å². The lowest BCUT2D eigenvalue weighted by molar-refractivity contribution is 0.530. The van der Waals surface area contributed by atoms with Gasteiger partial charge in [0.05, 0.1) is 12.0 Å². The number of hydrogen-bond donors (Lipinski definition) is 0. The van der Waals surface area contributed by atoms with Crippen molar-refractivity contribution < 1.29 is 4.42 Å². The van der Waals surface area contributed by atoms with Crippen LogP contribution >= 0.6 is 23.4 Å². The van der Waals surface area contributed by atoms with Crippen LogP contribution in [0.25, 0.3) is 0 Å². The van der Waals surface area contributed by atoms with Crippen LogP contribution in [0.1, 0.15) is 5.76 Å². The van der Waals surface area contributed by atoms with Crippen molar-refractivity contribution in [3.05, 3.63) is 24.2 Å². The van der Waals surface area contributed by atoms with Gasteiger partial charge in [0.2, 0.25) is 0 Å². The number of hydrogen-bond acceptors (Lipinski definition) is 2. The molecule has 0 radical (unpaired) electrons. The van der Waals surface area contributed by atoms with Gasteiger partial charge in [0.15, 0.2) is 0 Å². The Hall–Kier alpha value is -0.0800. The van der Waals surface area contributed by atoms with Crippen molar-refractivity contribution in [2.45, 2.75) is 5.75 Å². The second-order valence-corrected chi connectivity index (χ2v) is 3.30. The molecule has 0 aromatic carbocycles. The smallest absolute Gasteiger partial charge is 0.113 e. The highest BCUT2D eigenvalue weighted by Crippen LogP contribution is 2.11. The summed E-state index contributed by atoms with van der Waals surface area (Å²) in [6.45, 7) is 0. The average molecular weight is 177 g/mol. The van der Waals surface area contributed by atoms with Crippen molar-refractivity contribution in [3.63, 3.8) is 0 Å². The molecule has 0 saturated carbocycles. The van der Waals surface area contributed by atoms with Crippen molar-refractivity contribution >= 4 is 23.4 Å². The van der Waals surface area contributed by atoms with Crippen LogP contribution in [-0.4, -0.2) is 11.6 Å². The van der Waals surface area contributed by atoms with Crippen molar-refractivity contribution in [1.29, 1.82) is 0 Å². The maximum Gasteiger partial charge on any atom is 0.113 e. The second-order valence-electron chi connectivity index (χ2n) is 1.82. The summed E-state index contributed by atoms with van der Waals surface area (Å²) >= 11 is 7.28. The van der Waals surface area contributed by atoms with Crippen LogP contribution in [0.15, 0.2) is 22.8 Å². The number of furan rings is 1. The Kier molecular flexibility index (Phi) is 3.76. The quantitative estimate of drug-likeness (QED) is 0.517. The van der Waals surface area contributed by atoms with E-state index in [4.69, 9.17) is 16.0 Å². The third kappa shape index (κ3) is 2.67. The lowest BCUT2D eigenvalue weighted by Gasteiger charge is -1.92. The van der Waals surface area contributed by atoms with Gasteiger partial charge in [-0.3, -0.25) is 0 Å². The lowest BCUT2D eigenvalue weighted by Crippen LogP contribution is -1.80. The minimum Gasteiger partial charge on any atom is -0.468 e. The molecule has 3 heteroatoms. The Morgan fingerprint density at radius 2 is 2.50 bits per heavy atom. The molecule has 0 unspecified atom stereocenters. The summed E-state index contributed by atoms with van der Waals surface area (Å²) in [7, 11) is 0. The van der Waals surface area contributed by atoms with E-state index in [2.05, 4.69) is 0 Å². The first-order valence-corrected chi connectivity index (χ1v) is 4.78. The Balaban J connectivity index is 2.15. The van der Waals surface area contributed by atoms with E-state index in [-0.39, 0.29) is 0 Å². The lowest BCUT2D eigenvalue weighted by atomic mass is 10.5. The number of halogens is 1. The van der Waals surface area contributed by atoms with Crippen LogP contribution in [0.4, 0.5) is 0 Å². The van der Waals surface area contributed by atoms with E-state index in [1.807, 2.05) is 12.1 Å². The first-order valence-electron chi connectivity index (χ1n) is 3.09. The van der Waals surface area contributed by atoms with Gasteiger partial charge in [0, 0.05) is 11.6 Å². The summed E-state index contributed by atoms with van der Waals surface area (Å²) in [4.78, 5) is 0. The van der Waals surface area contributed by atoms with Crippen LogP contribution in [-0.2, 0) is 5.75 Å². The SMILES string of the molecule is ClCCSCc1ccco1. The minimum absolute atomic E-state index is 0.714. The molecule has 10 heavy (non-hydrogen) atoms. The van der Waals surface area contributed by atoms with E-state index >= 15 is 0 Å². The van der Waals surface area contributed by atoms with Crippen molar-refractivity contribution in [1.82, 2.24) is 0 Å². The van der Waals surface area contributed by atoms with Gasteiger partial charge >= 0.3 is 0 Å². The molecule has 0 amide bonds. The molecule has 1 aromatic heterocycles. The monoisotopic (exact) mass is 176 g/mol. The normalized spacial score (nSPS) is 10.1. The molecule has 0 bridgehead atoms. The van der Waals surface area contributed by atoms with Gasteiger partial charge < -0.3 is 4.42 Å². The molecule has 0 atom stereocenters. The molecule has 0 aliphatic rings. The highest BCUT2D eigenvalue weighted by molar-refractivity contribution is 7.98. The van der Waals surface area contributed by atoms with Gasteiger partial charge in [-0.15, -0.1) is 11.6 Å². The van der Waals surface area contributed by atoms with Crippen LogP contribution in [0.2, 0.25) is 0 Å². The van der Waals surface area contributed by atoms with Crippen molar-refractivity contribution in [2.24, 2.45) is 0 Å². The van der Waals surface area contributed by atoms with Crippen LogP contribution < -0.4 is 0 Å². The zero-order valence-electron chi connectivity index (χ0n) is 5.55. The van der Waals surface area contributed by atoms with Gasteiger partial charge in [0.1, 0.15) is 5.76 Å². The van der Waals surface area contributed by atoms with E-state index in [0.717, 1.165) is 17.3 Å². The molecule has 56 valence electrons. The molecule has 0 N–H and O–H groups in total.